The van der Waals surface area contributed by atoms with Crippen molar-refractivity contribution >= 4 is 22.4 Å². The number of carbonyl (C=O) groups is 1. The summed E-state index contributed by atoms with van der Waals surface area (Å²) < 4.78 is 41.8. The number of nitrogens with one attached hydrogen (secondary N) is 1. The lowest BCUT2D eigenvalue weighted by Gasteiger charge is -2.35. The standard InChI is InChI=1S/C24H19F3N2O/c1-13-9-10-15-17(28-13)11-12-19-21(15)22(23-18(29-19)7-4-8-20(23)30)14-5-2-3-6-16(14)24(25,26)27/h2-3,5-6,9-12,22,29H,4,7-8H2,1H3/t22-/m0/s1. The van der Waals surface area contributed by atoms with Gasteiger partial charge in [0.1, 0.15) is 0 Å². The molecule has 0 bridgehead atoms. The van der Waals surface area contributed by atoms with Crippen molar-refractivity contribution in [2.45, 2.75) is 38.3 Å². The van der Waals surface area contributed by atoms with Crippen molar-refractivity contribution in [3.63, 3.8) is 0 Å². The monoisotopic (exact) mass is 408 g/mol. The maximum Gasteiger partial charge on any atom is 0.416 e. The highest BCUT2D eigenvalue weighted by Crippen LogP contribution is 2.50. The molecule has 5 rings (SSSR count). The minimum absolute atomic E-state index is 0.0894. The summed E-state index contributed by atoms with van der Waals surface area (Å²) in [5, 5.41) is 4.11. The quantitative estimate of drug-likeness (QED) is 0.527. The van der Waals surface area contributed by atoms with Gasteiger partial charge in [-0.05, 0) is 55.2 Å². The van der Waals surface area contributed by atoms with E-state index < -0.39 is 17.7 Å². The highest BCUT2D eigenvalue weighted by atomic mass is 19.4. The number of aryl methyl sites for hydroxylation is 1. The lowest BCUT2D eigenvalue weighted by atomic mass is 9.73. The van der Waals surface area contributed by atoms with Crippen LogP contribution in [0.2, 0.25) is 0 Å². The Morgan fingerprint density at radius 2 is 1.83 bits per heavy atom. The third kappa shape index (κ3) is 2.90. The van der Waals surface area contributed by atoms with Crippen molar-refractivity contribution in [1.82, 2.24) is 4.98 Å². The summed E-state index contributed by atoms with van der Waals surface area (Å²) in [5.74, 6) is -0.872. The van der Waals surface area contributed by atoms with Gasteiger partial charge in [0.25, 0.3) is 0 Å². The van der Waals surface area contributed by atoms with Gasteiger partial charge in [-0.2, -0.15) is 13.2 Å². The molecule has 0 spiro atoms. The number of halogens is 3. The summed E-state index contributed by atoms with van der Waals surface area (Å²) in [6.07, 6.45) is -2.82. The number of pyridine rings is 1. The van der Waals surface area contributed by atoms with Gasteiger partial charge in [-0.3, -0.25) is 9.78 Å². The molecule has 0 unspecified atom stereocenters. The molecule has 2 aromatic carbocycles. The lowest BCUT2D eigenvalue weighted by molar-refractivity contribution is -0.138. The molecule has 3 nitrogen and oxygen atoms in total. The van der Waals surface area contributed by atoms with Crippen LogP contribution >= 0.6 is 0 Å². The van der Waals surface area contributed by atoms with Crippen LogP contribution in [-0.2, 0) is 11.0 Å². The molecular weight excluding hydrogens is 389 g/mol. The second-order valence-electron chi connectivity index (χ2n) is 7.86. The predicted molar refractivity (Wildman–Crippen MR) is 109 cm³/mol. The zero-order valence-electron chi connectivity index (χ0n) is 16.3. The number of benzene rings is 2. The van der Waals surface area contributed by atoms with Crippen molar-refractivity contribution in [2.24, 2.45) is 0 Å². The number of anilines is 1. The zero-order valence-corrected chi connectivity index (χ0v) is 16.3. The Morgan fingerprint density at radius 3 is 2.63 bits per heavy atom. The summed E-state index contributed by atoms with van der Waals surface area (Å²) in [7, 11) is 0. The highest BCUT2D eigenvalue weighted by molar-refractivity contribution is 6.03. The van der Waals surface area contributed by atoms with Crippen LogP contribution in [0, 0.1) is 6.92 Å². The minimum Gasteiger partial charge on any atom is -0.358 e. The number of hydrogen-bond donors (Lipinski definition) is 1. The first-order valence-electron chi connectivity index (χ1n) is 9.94. The number of allylic oxidation sites excluding steroid dienone is 2. The van der Waals surface area contributed by atoms with Crippen LogP contribution in [0.15, 0.2) is 59.8 Å². The van der Waals surface area contributed by atoms with E-state index in [1.165, 1.54) is 12.1 Å². The number of alkyl halides is 3. The van der Waals surface area contributed by atoms with Gasteiger partial charge in [0.05, 0.1) is 11.1 Å². The van der Waals surface area contributed by atoms with Gasteiger partial charge >= 0.3 is 6.18 Å². The smallest absolute Gasteiger partial charge is 0.358 e. The Labute approximate surface area is 171 Å². The van der Waals surface area contributed by atoms with Crippen LogP contribution in [0.5, 0.6) is 0 Å². The molecule has 0 saturated heterocycles. The molecule has 1 N–H and O–H groups in total. The molecule has 1 atom stereocenters. The molecule has 1 aliphatic heterocycles. The molecule has 6 heteroatoms. The molecule has 2 heterocycles. The molecule has 1 aromatic heterocycles. The van der Waals surface area contributed by atoms with Crippen molar-refractivity contribution in [3.8, 4) is 0 Å². The number of nitrogens with zero attached hydrogens (tertiary/aromatic N) is 1. The van der Waals surface area contributed by atoms with Crippen LogP contribution in [0.4, 0.5) is 18.9 Å². The third-order valence-electron chi connectivity index (χ3n) is 5.95. The maximum atomic E-state index is 13.9. The van der Waals surface area contributed by atoms with Gasteiger partial charge in [-0.25, -0.2) is 0 Å². The van der Waals surface area contributed by atoms with Crippen molar-refractivity contribution < 1.29 is 18.0 Å². The number of Topliss-reactive ketones (excluding diaryl/α,β-unsaturated/α-hetero) is 1. The van der Waals surface area contributed by atoms with E-state index in [1.807, 2.05) is 31.2 Å². The molecule has 0 amide bonds. The first kappa shape index (κ1) is 18.9. The zero-order chi connectivity index (χ0) is 21.0. The SMILES string of the molecule is Cc1ccc2c3c(ccc2n1)NC1=C(C(=O)CCC1)[C@H]3c1ccccc1C(F)(F)F. The summed E-state index contributed by atoms with van der Waals surface area (Å²) in [6, 6.07) is 13.1. The summed E-state index contributed by atoms with van der Waals surface area (Å²) in [6.45, 7) is 1.87. The van der Waals surface area contributed by atoms with E-state index in [-0.39, 0.29) is 11.3 Å². The fourth-order valence-electron chi connectivity index (χ4n) is 4.70. The Morgan fingerprint density at radius 1 is 1.03 bits per heavy atom. The Bertz CT molecular complexity index is 1230. The molecule has 152 valence electrons. The van der Waals surface area contributed by atoms with Crippen molar-refractivity contribution in [3.05, 3.63) is 82.2 Å². The molecule has 0 fully saturated rings. The van der Waals surface area contributed by atoms with Crippen LogP contribution in [-0.4, -0.2) is 10.8 Å². The highest BCUT2D eigenvalue weighted by Gasteiger charge is 2.41. The van der Waals surface area contributed by atoms with Crippen molar-refractivity contribution in [1.29, 1.82) is 0 Å². The minimum atomic E-state index is -4.51. The van der Waals surface area contributed by atoms with Crippen LogP contribution in [0.25, 0.3) is 10.9 Å². The van der Waals surface area contributed by atoms with Crippen LogP contribution in [0.3, 0.4) is 0 Å². The fourth-order valence-corrected chi connectivity index (χ4v) is 4.70. The van der Waals surface area contributed by atoms with E-state index in [0.29, 0.717) is 35.9 Å². The molecule has 2 aliphatic rings. The average Bonchev–Trinajstić information content (AvgIpc) is 2.71. The van der Waals surface area contributed by atoms with Gasteiger partial charge < -0.3 is 5.32 Å². The van der Waals surface area contributed by atoms with Gasteiger partial charge in [0, 0.05) is 40.4 Å². The number of aromatic nitrogens is 1. The molecule has 3 aromatic rings. The fraction of sp³-hybridized carbons (Fsp3) is 0.250. The number of hydrogen-bond acceptors (Lipinski definition) is 3. The summed E-state index contributed by atoms with van der Waals surface area (Å²) in [4.78, 5) is 17.5. The second-order valence-corrected chi connectivity index (χ2v) is 7.86. The van der Waals surface area contributed by atoms with E-state index in [4.69, 9.17) is 0 Å². The first-order chi connectivity index (χ1) is 14.3. The van der Waals surface area contributed by atoms with E-state index in [1.54, 1.807) is 6.07 Å². The van der Waals surface area contributed by atoms with E-state index in [9.17, 15) is 18.0 Å². The third-order valence-corrected chi connectivity index (χ3v) is 5.95. The largest absolute Gasteiger partial charge is 0.416 e. The van der Waals surface area contributed by atoms with Gasteiger partial charge in [0.15, 0.2) is 5.78 Å². The second kappa shape index (κ2) is 6.69. The van der Waals surface area contributed by atoms with Crippen molar-refractivity contribution in [2.75, 3.05) is 5.32 Å². The molecule has 30 heavy (non-hydrogen) atoms. The van der Waals surface area contributed by atoms with E-state index in [2.05, 4.69) is 10.3 Å². The summed E-state index contributed by atoms with van der Waals surface area (Å²) in [5.41, 5.74) is 3.56. The number of ketones is 1. The summed E-state index contributed by atoms with van der Waals surface area (Å²) >= 11 is 0. The maximum absolute atomic E-state index is 13.9. The molecule has 1 aliphatic carbocycles. The first-order valence-corrected chi connectivity index (χ1v) is 9.94. The van der Waals surface area contributed by atoms with Crippen LogP contribution in [0.1, 0.15) is 47.6 Å². The van der Waals surface area contributed by atoms with E-state index >= 15 is 0 Å². The Kier molecular flexibility index (Phi) is 4.20. The number of carbonyl (C=O) groups excluding carboxylic acids is 1. The number of rotatable bonds is 1. The molecule has 0 saturated carbocycles. The van der Waals surface area contributed by atoms with E-state index in [0.717, 1.165) is 28.5 Å². The molecule has 0 radical (unpaired) electrons. The van der Waals surface area contributed by atoms with Crippen LogP contribution < -0.4 is 5.32 Å². The Hall–Kier alpha value is -3.15. The Balaban J connectivity index is 1.87. The molecular formula is C24H19F3N2O. The predicted octanol–water partition coefficient (Wildman–Crippen LogP) is 6.13. The number of fused-ring (bicyclic) bond motifs is 3. The topological polar surface area (TPSA) is 42.0 Å². The average molecular weight is 408 g/mol. The van der Waals surface area contributed by atoms with Gasteiger partial charge in [-0.1, -0.05) is 24.3 Å². The normalized spacial score (nSPS) is 18.8. The van der Waals surface area contributed by atoms with Gasteiger partial charge in [0.2, 0.25) is 0 Å². The lowest BCUT2D eigenvalue weighted by Crippen LogP contribution is -2.28. The van der Waals surface area contributed by atoms with Gasteiger partial charge in [-0.15, -0.1) is 0 Å².